The molecule has 4 aromatic rings. The van der Waals surface area contributed by atoms with Crippen molar-refractivity contribution in [2.75, 3.05) is 18.0 Å². The molecule has 1 aliphatic rings. The van der Waals surface area contributed by atoms with Crippen molar-refractivity contribution in [3.8, 4) is 0 Å². The first-order chi connectivity index (χ1) is 13.1. The van der Waals surface area contributed by atoms with Gasteiger partial charge in [0.1, 0.15) is 18.0 Å². The van der Waals surface area contributed by atoms with Crippen molar-refractivity contribution in [3.63, 3.8) is 0 Å². The molecule has 27 heavy (non-hydrogen) atoms. The molecule has 138 valence electrons. The highest BCUT2D eigenvalue weighted by molar-refractivity contribution is 5.80. The fourth-order valence-corrected chi connectivity index (χ4v) is 3.98. The van der Waals surface area contributed by atoms with E-state index in [0.29, 0.717) is 17.3 Å². The fraction of sp³-hybridized carbons (Fsp3) is 0.368. The number of rotatable bonds is 2. The highest BCUT2D eigenvalue weighted by atomic mass is 19.1. The summed E-state index contributed by atoms with van der Waals surface area (Å²) in [7, 11) is 0. The van der Waals surface area contributed by atoms with E-state index in [1.165, 1.54) is 18.5 Å². The van der Waals surface area contributed by atoms with E-state index in [2.05, 4.69) is 32.0 Å². The Kier molecular flexibility index (Phi) is 3.60. The summed E-state index contributed by atoms with van der Waals surface area (Å²) in [6.45, 7) is 5.82. The zero-order chi connectivity index (χ0) is 18.5. The normalized spacial score (nSPS) is 15.9. The summed E-state index contributed by atoms with van der Waals surface area (Å²) < 4.78 is 20.5. The molecule has 0 bridgehead atoms. The molecule has 0 spiro atoms. The Morgan fingerprint density at radius 2 is 2.00 bits per heavy atom. The van der Waals surface area contributed by atoms with Crippen LogP contribution >= 0.6 is 0 Å². The van der Waals surface area contributed by atoms with E-state index >= 15 is 0 Å². The molecule has 7 nitrogen and oxygen atoms in total. The molecule has 3 aromatic heterocycles. The number of nitrogens with zero attached hydrogens (tertiary/aromatic N) is 6. The minimum Gasteiger partial charge on any atom is -0.356 e. The summed E-state index contributed by atoms with van der Waals surface area (Å²) in [6.07, 6.45) is 3.42. The van der Waals surface area contributed by atoms with Crippen LogP contribution in [0.25, 0.3) is 16.7 Å². The van der Waals surface area contributed by atoms with Gasteiger partial charge in [0.25, 0.3) is 5.78 Å². The van der Waals surface area contributed by atoms with Crippen molar-refractivity contribution in [2.45, 2.75) is 32.6 Å². The first-order valence-corrected chi connectivity index (χ1v) is 9.08. The van der Waals surface area contributed by atoms with Gasteiger partial charge in [0.2, 0.25) is 0 Å². The van der Waals surface area contributed by atoms with Crippen LogP contribution in [0.2, 0.25) is 0 Å². The summed E-state index contributed by atoms with van der Waals surface area (Å²) in [6, 6.07) is 4.62. The van der Waals surface area contributed by atoms with Crippen LogP contribution in [0.5, 0.6) is 0 Å². The zero-order valence-corrected chi connectivity index (χ0v) is 15.2. The second-order valence-corrected chi connectivity index (χ2v) is 7.09. The maximum absolute atomic E-state index is 13.4. The average Bonchev–Trinajstić information content (AvgIpc) is 3.29. The lowest BCUT2D eigenvalue weighted by molar-refractivity contribution is 0.415. The first kappa shape index (κ1) is 16.2. The van der Waals surface area contributed by atoms with Crippen LogP contribution in [-0.4, -0.2) is 37.8 Å². The van der Waals surface area contributed by atoms with Crippen molar-refractivity contribution in [2.24, 2.45) is 0 Å². The van der Waals surface area contributed by atoms with Gasteiger partial charge in [-0.05, 0) is 38.8 Å². The highest BCUT2D eigenvalue weighted by Crippen LogP contribution is 2.35. The van der Waals surface area contributed by atoms with Gasteiger partial charge >= 0.3 is 0 Å². The molecule has 1 aliphatic heterocycles. The number of benzene rings is 1. The second-order valence-electron chi connectivity index (χ2n) is 7.09. The van der Waals surface area contributed by atoms with E-state index in [-0.39, 0.29) is 5.82 Å². The van der Waals surface area contributed by atoms with E-state index in [1.54, 1.807) is 6.07 Å². The predicted molar refractivity (Wildman–Crippen MR) is 98.4 cm³/mol. The molecule has 0 atom stereocenters. The smallest absolute Gasteiger partial charge is 0.254 e. The molecular weight excluding hydrogens is 347 g/mol. The summed E-state index contributed by atoms with van der Waals surface area (Å²) >= 11 is 0. The molecule has 0 N–H and O–H groups in total. The first-order valence-electron chi connectivity index (χ1n) is 9.08. The third kappa shape index (κ3) is 2.55. The van der Waals surface area contributed by atoms with E-state index in [4.69, 9.17) is 4.52 Å². The lowest BCUT2D eigenvalue weighted by Gasteiger charge is -2.33. The Balaban J connectivity index is 1.44. The molecule has 4 heterocycles. The Labute approximate surface area is 154 Å². The van der Waals surface area contributed by atoms with Gasteiger partial charge in [-0.15, -0.1) is 0 Å². The molecule has 0 amide bonds. The number of aromatic nitrogens is 5. The van der Waals surface area contributed by atoms with Gasteiger partial charge in [-0.2, -0.15) is 14.6 Å². The maximum atomic E-state index is 13.4. The van der Waals surface area contributed by atoms with Gasteiger partial charge in [0.15, 0.2) is 5.58 Å². The molecular formula is C19H19FN6O. The lowest BCUT2D eigenvalue weighted by Crippen LogP contribution is -2.35. The number of piperidine rings is 1. The van der Waals surface area contributed by atoms with Crippen molar-refractivity contribution in [1.82, 2.24) is 24.7 Å². The number of fused-ring (bicyclic) bond motifs is 2. The van der Waals surface area contributed by atoms with Crippen LogP contribution in [0.1, 0.15) is 35.7 Å². The molecule has 0 unspecified atom stereocenters. The molecule has 1 fully saturated rings. The van der Waals surface area contributed by atoms with Gasteiger partial charge in [-0.3, -0.25) is 0 Å². The van der Waals surface area contributed by atoms with Crippen LogP contribution in [-0.2, 0) is 0 Å². The average molecular weight is 366 g/mol. The van der Waals surface area contributed by atoms with Gasteiger partial charge in [0, 0.05) is 41.7 Å². The molecule has 0 saturated carbocycles. The third-order valence-electron chi connectivity index (χ3n) is 5.52. The van der Waals surface area contributed by atoms with E-state index in [1.807, 2.05) is 11.4 Å². The van der Waals surface area contributed by atoms with Crippen molar-refractivity contribution in [1.29, 1.82) is 0 Å². The number of aryl methyl sites for hydroxylation is 1. The van der Waals surface area contributed by atoms with Crippen LogP contribution in [0.4, 0.5) is 10.2 Å². The number of hydrogen-bond acceptors (Lipinski definition) is 6. The van der Waals surface area contributed by atoms with E-state index in [0.717, 1.165) is 54.1 Å². The minimum absolute atomic E-state index is 0.294. The van der Waals surface area contributed by atoms with E-state index in [9.17, 15) is 4.39 Å². The lowest BCUT2D eigenvalue weighted by atomic mass is 9.91. The largest absolute Gasteiger partial charge is 0.356 e. The number of hydrogen-bond donors (Lipinski definition) is 0. The predicted octanol–water partition coefficient (Wildman–Crippen LogP) is 3.41. The van der Waals surface area contributed by atoms with Gasteiger partial charge in [-0.1, -0.05) is 5.16 Å². The standard InChI is InChI=1S/C19H19FN6O/c1-11-12(2)23-19-21-10-22-26(19)18(11)25-7-5-13(6-8-25)17-15-4-3-14(20)9-16(15)27-24-17/h3-4,9-10,13H,5-8H2,1-2H3. The Morgan fingerprint density at radius 1 is 1.19 bits per heavy atom. The van der Waals surface area contributed by atoms with Crippen LogP contribution in [0.15, 0.2) is 29.0 Å². The van der Waals surface area contributed by atoms with E-state index < -0.39 is 0 Å². The molecule has 8 heteroatoms. The van der Waals surface area contributed by atoms with Crippen molar-refractivity contribution < 1.29 is 8.91 Å². The SMILES string of the molecule is Cc1nc2ncnn2c(N2CCC(c3noc4cc(F)ccc34)CC2)c1C. The monoisotopic (exact) mass is 366 g/mol. The van der Waals surface area contributed by atoms with Crippen molar-refractivity contribution in [3.05, 3.63) is 47.3 Å². The quantitative estimate of drug-likeness (QED) is 0.541. The molecule has 0 aliphatic carbocycles. The molecule has 5 rings (SSSR count). The Bertz CT molecular complexity index is 1140. The fourth-order valence-electron chi connectivity index (χ4n) is 3.98. The van der Waals surface area contributed by atoms with Crippen LogP contribution in [0, 0.1) is 19.7 Å². The van der Waals surface area contributed by atoms with Crippen LogP contribution in [0.3, 0.4) is 0 Å². The molecule has 1 saturated heterocycles. The number of anilines is 1. The zero-order valence-electron chi connectivity index (χ0n) is 15.2. The Hall–Kier alpha value is -3.03. The summed E-state index contributed by atoms with van der Waals surface area (Å²) in [5, 5.41) is 9.49. The summed E-state index contributed by atoms with van der Waals surface area (Å²) in [4.78, 5) is 11.1. The topological polar surface area (TPSA) is 72.3 Å². The Morgan fingerprint density at radius 3 is 2.81 bits per heavy atom. The summed E-state index contributed by atoms with van der Waals surface area (Å²) in [5.74, 6) is 1.67. The second kappa shape index (κ2) is 6.00. The maximum Gasteiger partial charge on any atom is 0.254 e. The van der Waals surface area contributed by atoms with Gasteiger partial charge in [0.05, 0.1) is 5.69 Å². The van der Waals surface area contributed by atoms with Gasteiger partial charge in [-0.25, -0.2) is 9.37 Å². The molecule has 1 aromatic carbocycles. The van der Waals surface area contributed by atoms with Crippen molar-refractivity contribution >= 4 is 22.6 Å². The number of halogens is 1. The minimum atomic E-state index is -0.305. The van der Waals surface area contributed by atoms with Gasteiger partial charge < -0.3 is 9.42 Å². The molecule has 0 radical (unpaired) electrons. The third-order valence-corrected chi connectivity index (χ3v) is 5.52. The highest BCUT2D eigenvalue weighted by Gasteiger charge is 2.27. The van der Waals surface area contributed by atoms with Crippen LogP contribution < -0.4 is 4.90 Å². The summed E-state index contributed by atoms with van der Waals surface area (Å²) in [5.41, 5.74) is 3.53.